The third-order valence-electron chi connectivity index (χ3n) is 2.83. The second-order valence-electron chi connectivity index (χ2n) is 4.32. The molecule has 0 atom stereocenters. The van der Waals surface area contributed by atoms with Gasteiger partial charge >= 0.3 is 0 Å². The Bertz CT molecular complexity index is 732. The molecule has 2 aromatic rings. The van der Waals surface area contributed by atoms with Crippen LogP contribution >= 0.6 is 15.9 Å². The molecule has 0 fully saturated rings. The smallest absolute Gasteiger partial charge is 0.241 e. The highest BCUT2D eigenvalue weighted by atomic mass is 79.9. The van der Waals surface area contributed by atoms with Crippen molar-refractivity contribution in [1.82, 2.24) is 9.71 Å². The van der Waals surface area contributed by atoms with Crippen molar-refractivity contribution in [1.29, 1.82) is 0 Å². The number of hydrogen-bond donors (Lipinski definition) is 2. The van der Waals surface area contributed by atoms with Gasteiger partial charge in [-0.15, -0.1) is 0 Å². The van der Waals surface area contributed by atoms with Crippen molar-refractivity contribution >= 4 is 31.6 Å². The molecule has 106 valence electrons. The summed E-state index contributed by atoms with van der Waals surface area (Å²) in [6, 6.07) is 6.38. The average molecular weight is 356 g/mol. The van der Waals surface area contributed by atoms with Crippen molar-refractivity contribution in [3.63, 3.8) is 0 Å². The average Bonchev–Trinajstić information content (AvgIpc) is 2.37. The minimum Gasteiger partial charge on any atom is -0.399 e. The molecule has 0 aliphatic rings. The fourth-order valence-electron chi connectivity index (χ4n) is 1.69. The van der Waals surface area contributed by atoms with Crippen LogP contribution in [0.4, 0.5) is 5.69 Å². The first-order chi connectivity index (χ1) is 9.40. The van der Waals surface area contributed by atoms with Gasteiger partial charge in [0.2, 0.25) is 10.0 Å². The molecule has 2 rings (SSSR count). The SMILES string of the molecule is Cc1cnccc1CNS(=O)(=O)c1ccc(N)cc1Br. The van der Waals surface area contributed by atoms with E-state index >= 15 is 0 Å². The molecule has 0 saturated carbocycles. The summed E-state index contributed by atoms with van der Waals surface area (Å²) in [5.74, 6) is 0. The summed E-state index contributed by atoms with van der Waals surface area (Å²) in [6.45, 7) is 2.10. The Hall–Kier alpha value is -1.44. The van der Waals surface area contributed by atoms with Gasteiger partial charge < -0.3 is 5.73 Å². The first-order valence-corrected chi connectivity index (χ1v) is 8.12. The molecular weight excluding hydrogens is 342 g/mol. The van der Waals surface area contributed by atoms with Crippen LogP contribution in [0.1, 0.15) is 11.1 Å². The van der Waals surface area contributed by atoms with Gasteiger partial charge in [0.05, 0.1) is 4.90 Å². The highest BCUT2D eigenvalue weighted by Crippen LogP contribution is 2.24. The van der Waals surface area contributed by atoms with Gasteiger partial charge in [0.15, 0.2) is 0 Å². The van der Waals surface area contributed by atoms with Crippen molar-refractivity contribution in [3.05, 3.63) is 52.3 Å². The number of halogens is 1. The molecule has 0 spiro atoms. The number of hydrogen-bond acceptors (Lipinski definition) is 4. The largest absolute Gasteiger partial charge is 0.399 e. The number of benzene rings is 1. The summed E-state index contributed by atoms with van der Waals surface area (Å²) in [5.41, 5.74) is 7.93. The number of nitrogens with two attached hydrogens (primary N) is 1. The first-order valence-electron chi connectivity index (χ1n) is 5.84. The Balaban J connectivity index is 2.22. The number of aryl methyl sites for hydroxylation is 1. The fourth-order valence-corrected chi connectivity index (χ4v) is 3.79. The zero-order valence-electron chi connectivity index (χ0n) is 10.8. The molecule has 0 aliphatic heterocycles. The molecule has 0 saturated heterocycles. The Morgan fingerprint density at radius 1 is 1.35 bits per heavy atom. The van der Waals surface area contributed by atoms with Gasteiger partial charge in [0.25, 0.3) is 0 Å². The molecule has 7 heteroatoms. The number of nitrogens with zero attached hydrogens (tertiary/aromatic N) is 1. The summed E-state index contributed by atoms with van der Waals surface area (Å²) in [7, 11) is -3.60. The molecule has 0 unspecified atom stereocenters. The Labute approximate surface area is 126 Å². The minimum absolute atomic E-state index is 0.165. The molecule has 1 heterocycles. The van der Waals surface area contributed by atoms with E-state index in [-0.39, 0.29) is 11.4 Å². The number of sulfonamides is 1. The molecule has 0 radical (unpaired) electrons. The van der Waals surface area contributed by atoms with Crippen LogP contribution in [0.25, 0.3) is 0 Å². The molecule has 1 aromatic heterocycles. The highest BCUT2D eigenvalue weighted by Gasteiger charge is 2.17. The lowest BCUT2D eigenvalue weighted by Crippen LogP contribution is -2.24. The van der Waals surface area contributed by atoms with Gasteiger partial charge in [-0.1, -0.05) is 0 Å². The van der Waals surface area contributed by atoms with Crippen LogP contribution in [0.15, 0.2) is 46.0 Å². The lowest BCUT2D eigenvalue weighted by molar-refractivity contribution is 0.580. The zero-order valence-corrected chi connectivity index (χ0v) is 13.2. The Kier molecular flexibility index (Phi) is 4.42. The van der Waals surface area contributed by atoms with E-state index in [4.69, 9.17) is 5.73 Å². The molecule has 0 amide bonds. The van der Waals surface area contributed by atoms with Crippen LogP contribution in [0, 0.1) is 6.92 Å². The Morgan fingerprint density at radius 3 is 2.75 bits per heavy atom. The summed E-state index contributed by atoms with van der Waals surface area (Å²) in [5, 5.41) is 0. The molecule has 3 N–H and O–H groups in total. The maximum Gasteiger partial charge on any atom is 0.241 e. The number of aromatic nitrogens is 1. The van der Waals surface area contributed by atoms with E-state index in [1.807, 2.05) is 6.92 Å². The topological polar surface area (TPSA) is 85.1 Å². The van der Waals surface area contributed by atoms with E-state index in [1.165, 1.54) is 6.07 Å². The van der Waals surface area contributed by atoms with Gasteiger partial charge in [0.1, 0.15) is 0 Å². The normalized spacial score (nSPS) is 11.5. The van der Waals surface area contributed by atoms with Gasteiger partial charge in [-0.05, 0) is 58.2 Å². The fraction of sp³-hybridized carbons (Fsp3) is 0.154. The monoisotopic (exact) mass is 355 g/mol. The van der Waals surface area contributed by atoms with E-state index in [0.717, 1.165) is 11.1 Å². The Morgan fingerprint density at radius 2 is 2.10 bits per heavy atom. The summed E-state index contributed by atoms with van der Waals surface area (Å²) in [4.78, 5) is 4.14. The van der Waals surface area contributed by atoms with Gasteiger partial charge in [-0.25, -0.2) is 13.1 Å². The maximum absolute atomic E-state index is 12.3. The van der Waals surface area contributed by atoms with E-state index in [9.17, 15) is 8.42 Å². The van der Waals surface area contributed by atoms with E-state index in [0.29, 0.717) is 10.2 Å². The molecule has 1 aromatic carbocycles. The van der Waals surface area contributed by atoms with Gasteiger partial charge in [0, 0.05) is 29.1 Å². The second kappa shape index (κ2) is 5.90. The maximum atomic E-state index is 12.3. The second-order valence-corrected chi connectivity index (χ2v) is 6.91. The van der Waals surface area contributed by atoms with Crippen LogP contribution in [-0.2, 0) is 16.6 Å². The van der Waals surface area contributed by atoms with Crippen LogP contribution in [0.3, 0.4) is 0 Å². The highest BCUT2D eigenvalue weighted by molar-refractivity contribution is 9.10. The van der Waals surface area contributed by atoms with Crippen LogP contribution in [-0.4, -0.2) is 13.4 Å². The number of anilines is 1. The van der Waals surface area contributed by atoms with E-state index < -0.39 is 10.0 Å². The molecular formula is C13H14BrN3O2S. The summed E-state index contributed by atoms with van der Waals surface area (Å²) in [6.07, 6.45) is 3.33. The number of rotatable bonds is 4. The van der Waals surface area contributed by atoms with Crippen LogP contribution in [0.2, 0.25) is 0 Å². The predicted molar refractivity (Wildman–Crippen MR) is 81.6 cm³/mol. The molecule has 5 nitrogen and oxygen atoms in total. The summed E-state index contributed by atoms with van der Waals surface area (Å²) >= 11 is 3.21. The van der Waals surface area contributed by atoms with Crippen molar-refractivity contribution < 1.29 is 8.42 Å². The number of nitrogens with one attached hydrogen (secondary N) is 1. The number of pyridine rings is 1. The van der Waals surface area contributed by atoms with Crippen LogP contribution < -0.4 is 10.5 Å². The molecule has 0 bridgehead atoms. The van der Waals surface area contributed by atoms with Crippen molar-refractivity contribution in [2.75, 3.05) is 5.73 Å². The third-order valence-corrected chi connectivity index (χ3v) is 5.21. The first kappa shape index (κ1) is 15.0. The van der Waals surface area contributed by atoms with Crippen LogP contribution in [0.5, 0.6) is 0 Å². The van der Waals surface area contributed by atoms with Crippen molar-refractivity contribution in [3.8, 4) is 0 Å². The van der Waals surface area contributed by atoms with Crippen molar-refractivity contribution in [2.24, 2.45) is 0 Å². The van der Waals surface area contributed by atoms with Crippen molar-refractivity contribution in [2.45, 2.75) is 18.4 Å². The third kappa shape index (κ3) is 3.36. The lowest BCUT2D eigenvalue weighted by atomic mass is 10.2. The molecule has 20 heavy (non-hydrogen) atoms. The molecule has 0 aliphatic carbocycles. The lowest BCUT2D eigenvalue weighted by Gasteiger charge is -2.10. The van der Waals surface area contributed by atoms with E-state index in [2.05, 4.69) is 25.6 Å². The standard InChI is InChI=1S/C13H14BrN3O2S/c1-9-7-16-5-4-10(9)8-17-20(18,19)13-3-2-11(15)6-12(13)14/h2-7,17H,8,15H2,1H3. The minimum atomic E-state index is -3.60. The number of nitrogen functional groups attached to an aromatic ring is 1. The van der Waals surface area contributed by atoms with Gasteiger partial charge in [-0.3, -0.25) is 4.98 Å². The van der Waals surface area contributed by atoms with Gasteiger partial charge in [-0.2, -0.15) is 0 Å². The zero-order chi connectivity index (χ0) is 14.8. The van der Waals surface area contributed by atoms with E-state index in [1.54, 1.807) is 30.6 Å². The quantitative estimate of drug-likeness (QED) is 0.823. The summed E-state index contributed by atoms with van der Waals surface area (Å²) < 4.78 is 27.5. The predicted octanol–water partition coefficient (Wildman–Crippen LogP) is 2.21.